The lowest BCUT2D eigenvalue weighted by atomic mass is 10.1. The first kappa shape index (κ1) is 22.4. The van der Waals surface area contributed by atoms with Crippen LogP contribution in [-0.4, -0.2) is 32.5 Å². The number of nitrogens with one attached hydrogen (secondary N) is 2. The standard InChI is InChI=1S/C21H20N4O4S2/c1-14-4-6-15(7-5-14)13-18-20(27)24(21(30)31-18)12-2-3-19(26)23-22-16-8-10-17(11-9-16)25(28)29/h4-11,13,22H,2-3,12H2,1H3,(H,23,26)/b18-13-. The monoisotopic (exact) mass is 456 g/mol. The number of benzene rings is 2. The molecule has 0 unspecified atom stereocenters. The molecule has 0 aromatic heterocycles. The van der Waals surface area contributed by atoms with E-state index in [0.717, 1.165) is 11.1 Å². The van der Waals surface area contributed by atoms with Gasteiger partial charge in [-0.25, -0.2) is 0 Å². The lowest BCUT2D eigenvalue weighted by Gasteiger charge is -2.14. The van der Waals surface area contributed by atoms with Gasteiger partial charge in [0.05, 0.1) is 15.5 Å². The summed E-state index contributed by atoms with van der Waals surface area (Å²) in [7, 11) is 0. The van der Waals surface area contributed by atoms with Crippen molar-refractivity contribution in [2.75, 3.05) is 12.0 Å². The number of aryl methyl sites for hydroxylation is 1. The summed E-state index contributed by atoms with van der Waals surface area (Å²) in [6.07, 6.45) is 2.45. The largest absolute Gasteiger partial charge is 0.299 e. The molecule has 8 nitrogen and oxygen atoms in total. The Morgan fingerprint density at radius 2 is 1.87 bits per heavy atom. The summed E-state index contributed by atoms with van der Waals surface area (Å²) >= 11 is 6.58. The maximum atomic E-state index is 12.6. The topological polar surface area (TPSA) is 105 Å². The lowest BCUT2D eigenvalue weighted by Crippen LogP contribution is -2.32. The van der Waals surface area contributed by atoms with Gasteiger partial charge in [0.25, 0.3) is 11.6 Å². The van der Waals surface area contributed by atoms with Crippen molar-refractivity contribution in [2.45, 2.75) is 19.8 Å². The van der Waals surface area contributed by atoms with Crippen molar-refractivity contribution in [3.05, 3.63) is 74.7 Å². The number of hydrogen-bond acceptors (Lipinski definition) is 7. The quantitative estimate of drug-likeness (QED) is 0.267. The van der Waals surface area contributed by atoms with Crippen molar-refractivity contribution in [1.29, 1.82) is 0 Å². The molecule has 2 aromatic carbocycles. The Balaban J connectivity index is 1.45. The van der Waals surface area contributed by atoms with Gasteiger partial charge in [-0.15, -0.1) is 0 Å². The lowest BCUT2D eigenvalue weighted by molar-refractivity contribution is -0.384. The van der Waals surface area contributed by atoms with Crippen LogP contribution in [0.15, 0.2) is 53.4 Å². The van der Waals surface area contributed by atoms with Crippen LogP contribution in [0, 0.1) is 17.0 Å². The summed E-state index contributed by atoms with van der Waals surface area (Å²) in [4.78, 5) is 36.9. The number of anilines is 1. The van der Waals surface area contributed by atoms with Crippen molar-refractivity contribution in [1.82, 2.24) is 10.3 Å². The Hall–Kier alpha value is -3.24. The molecule has 160 valence electrons. The van der Waals surface area contributed by atoms with Gasteiger partial charge in [0.15, 0.2) is 0 Å². The summed E-state index contributed by atoms with van der Waals surface area (Å²) in [6.45, 7) is 2.35. The number of amides is 2. The zero-order chi connectivity index (χ0) is 22.4. The van der Waals surface area contributed by atoms with Gasteiger partial charge >= 0.3 is 0 Å². The number of nitro groups is 1. The minimum Gasteiger partial charge on any atom is -0.299 e. The van der Waals surface area contributed by atoms with Crippen molar-refractivity contribution >= 4 is 57.6 Å². The molecule has 0 aliphatic carbocycles. The van der Waals surface area contributed by atoms with Crippen LogP contribution in [-0.2, 0) is 9.59 Å². The molecule has 2 N–H and O–H groups in total. The molecule has 0 radical (unpaired) electrons. The van der Waals surface area contributed by atoms with Crippen LogP contribution in [0.2, 0.25) is 0 Å². The van der Waals surface area contributed by atoms with Crippen LogP contribution in [0.5, 0.6) is 0 Å². The van der Waals surface area contributed by atoms with E-state index in [-0.39, 0.29) is 23.9 Å². The van der Waals surface area contributed by atoms with Gasteiger partial charge in [0, 0.05) is 25.1 Å². The number of carbonyl (C=O) groups excluding carboxylic acids is 2. The highest BCUT2D eigenvalue weighted by atomic mass is 32.2. The molecular weight excluding hydrogens is 436 g/mol. The Morgan fingerprint density at radius 3 is 2.52 bits per heavy atom. The van der Waals surface area contributed by atoms with Crippen LogP contribution in [0.25, 0.3) is 6.08 Å². The van der Waals surface area contributed by atoms with E-state index in [0.29, 0.717) is 27.9 Å². The molecule has 1 heterocycles. The Bertz CT molecular complexity index is 1040. The van der Waals surface area contributed by atoms with Gasteiger partial charge in [-0.05, 0) is 37.1 Å². The highest BCUT2D eigenvalue weighted by Gasteiger charge is 2.31. The Morgan fingerprint density at radius 1 is 1.19 bits per heavy atom. The molecule has 2 amide bonds. The number of hydrogen-bond donors (Lipinski definition) is 2. The number of rotatable bonds is 8. The third kappa shape index (κ3) is 6.12. The van der Waals surface area contributed by atoms with Crippen molar-refractivity contribution < 1.29 is 14.5 Å². The van der Waals surface area contributed by atoms with Crippen LogP contribution < -0.4 is 10.9 Å². The van der Waals surface area contributed by atoms with Gasteiger partial charge in [-0.2, -0.15) is 0 Å². The van der Waals surface area contributed by atoms with E-state index >= 15 is 0 Å². The van der Waals surface area contributed by atoms with E-state index in [9.17, 15) is 19.7 Å². The van der Waals surface area contributed by atoms with E-state index < -0.39 is 4.92 Å². The van der Waals surface area contributed by atoms with Crippen LogP contribution in [0.3, 0.4) is 0 Å². The maximum Gasteiger partial charge on any atom is 0.269 e. The second kappa shape index (κ2) is 10.2. The molecule has 1 aliphatic heterocycles. The minimum absolute atomic E-state index is 0.0307. The first-order valence-corrected chi connectivity index (χ1v) is 10.7. The fourth-order valence-corrected chi connectivity index (χ4v) is 4.08. The predicted molar refractivity (Wildman–Crippen MR) is 125 cm³/mol. The van der Waals surface area contributed by atoms with E-state index in [1.165, 1.54) is 40.9 Å². The molecule has 1 saturated heterocycles. The average Bonchev–Trinajstić information content (AvgIpc) is 3.01. The number of non-ortho nitro benzene ring substituents is 1. The van der Waals surface area contributed by atoms with E-state index in [2.05, 4.69) is 10.9 Å². The summed E-state index contributed by atoms with van der Waals surface area (Å²) in [5, 5.41) is 10.6. The fraction of sp³-hybridized carbons (Fsp3) is 0.190. The molecule has 3 rings (SSSR count). The fourth-order valence-electron chi connectivity index (χ4n) is 2.78. The number of nitro benzene ring substituents is 1. The van der Waals surface area contributed by atoms with Gasteiger partial charge in [0.2, 0.25) is 5.91 Å². The smallest absolute Gasteiger partial charge is 0.269 e. The van der Waals surface area contributed by atoms with E-state index in [1.807, 2.05) is 37.3 Å². The van der Waals surface area contributed by atoms with Gasteiger partial charge < -0.3 is 0 Å². The normalized spacial score (nSPS) is 14.7. The molecule has 1 aliphatic rings. The Kier molecular flexibility index (Phi) is 7.37. The van der Waals surface area contributed by atoms with Crippen molar-refractivity contribution in [3.63, 3.8) is 0 Å². The average molecular weight is 457 g/mol. The molecule has 0 spiro atoms. The third-order valence-electron chi connectivity index (χ3n) is 4.46. The summed E-state index contributed by atoms with van der Waals surface area (Å²) in [5.74, 6) is -0.418. The Labute approximate surface area is 188 Å². The zero-order valence-electron chi connectivity index (χ0n) is 16.7. The second-order valence-corrected chi connectivity index (χ2v) is 8.50. The predicted octanol–water partition coefficient (Wildman–Crippen LogP) is 4.03. The summed E-state index contributed by atoms with van der Waals surface area (Å²) in [6, 6.07) is 13.5. The van der Waals surface area contributed by atoms with Gasteiger partial charge in [-0.3, -0.25) is 35.5 Å². The molecule has 31 heavy (non-hydrogen) atoms. The molecule has 0 saturated carbocycles. The van der Waals surface area contributed by atoms with Crippen LogP contribution >= 0.6 is 24.0 Å². The highest BCUT2D eigenvalue weighted by molar-refractivity contribution is 8.26. The third-order valence-corrected chi connectivity index (χ3v) is 5.84. The van der Waals surface area contributed by atoms with Gasteiger partial charge in [-0.1, -0.05) is 53.8 Å². The molecule has 10 heteroatoms. The number of nitrogens with zero attached hydrogens (tertiary/aromatic N) is 2. The SMILES string of the molecule is Cc1ccc(/C=C2\SC(=S)N(CCCC(=O)NNc3ccc([N+](=O)[O-])cc3)C2=O)cc1. The molecule has 0 bridgehead atoms. The number of thiocarbonyl (C=S) groups is 1. The van der Waals surface area contributed by atoms with Crippen molar-refractivity contribution in [2.24, 2.45) is 0 Å². The number of thioether (sulfide) groups is 1. The molecular formula is C21H20N4O4S2. The van der Waals surface area contributed by atoms with E-state index in [1.54, 1.807) is 0 Å². The zero-order valence-corrected chi connectivity index (χ0v) is 18.3. The van der Waals surface area contributed by atoms with Crippen molar-refractivity contribution in [3.8, 4) is 0 Å². The number of carbonyl (C=O) groups is 2. The number of hydrazine groups is 1. The van der Waals surface area contributed by atoms with E-state index in [4.69, 9.17) is 12.2 Å². The second-order valence-electron chi connectivity index (χ2n) is 6.82. The summed E-state index contributed by atoms with van der Waals surface area (Å²) in [5.41, 5.74) is 7.80. The highest BCUT2D eigenvalue weighted by Crippen LogP contribution is 2.32. The minimum atomic E-state index is -0.494. The molecule has 2 aromatic rings. The van der Waals surface area contributed by atoms with Crippen LogP contribution in [0.1, 0.15) is 24.0 Å². The first-order chi connectivity index (χ1) is 14.8. The van der Waals surface area contributed by atoms with Crippen LogP contribution in [0.4, 0.5) is 11.4 Å². The van der Waals surface area contributed by atoms with Gasteiger partial charge in [0.1, 0.15) is 4.32 Å². The molecule has 1 fully saturated rings. The molecule has 0 atom stereocenters. The summed E-state index contributed by atoms with van der Waals surface area (Å²) < 4.78 is 0.479. The maximum absolute atomic E-state index is 12.6. The first-order valence-electron chi connectivity index (χ1n) is 9.45.